The molecule has 146 valence electrons. The van der Waals surface area contributed by atoms with Crippen molar-refractivity contribution >= 4 is 35.1 Å². The largest absolute Gasteiger partial charge is 0.368 e. The van der Waals surface area contributed by atoms with Gasteiger partial charge in [0.15, 0.2) is 0 Å². The molecule has 0 aliphatic carbocycles. The lowest BCUT2D eigenvalue weighted by atomic mass is 9.96. The summed E-state index contributed by atoms with van der Waals surface area (Å²) < 4.78 is 13.7. The van der Waals surface area contributed by atoms with Crippen LogP contribution in [-0.4, -0.2) is 54.5 Å². The number of imide groups is 1. The van der Waals surface area contributed by atoms with Crippen molar-refractivity contribution in [3.8, 4) is 0 Å². The number of nitrogens with one attached hydrogen (secondary N) is 2. The highest BCUT2D eigenvalue weighted by molar-refractivity contribution is 6.31. The summed E-state index contributed by atoms with van der Waals surface area (Å²) in [4.78, 5) is 39.3. The molecule has 0 radical (unpaired) electrons. The van der Waals surface area contributed by atoms with E-state index in [9.17, 15) is 18.8 Å². The fraction of sp³-hybridized carbons (Fsp3) is 0.500. The van der Waals surface area contributed by atoms with Crippen LogP contribution in [0.1, 0.15) is 25.3 Å². The van der Waals surface area contributed by atoms with Crippen LogP contribution in [0, 0.1) is 12.7 Å². The number of halogens is 2. The van der Waals surface area contributed by atoms with Crippen molar-refractivity contribution in [2.45, 2.75) is 32.2 Å². The van der Waals surface area contributed by atoms with Gasteiger partial charge in [-0.25, -0.2) is 9.18 Å². The van der Waals surface area contributed by atoms with E-state index in [0.717, 1.165) is 11.3 Å². The highest BCUT2D eigenvalue weighted by atomic mass is 35.5. The summed E-state index contributed by atoms with van der Waals surface area (Å²) in [5.41, 5.74) is 0.503. The third-order valence-corrected chi connectivity index (χ3v) is 5.60. The maximum absolute atomic E-state index is 13.7. The zero-order valence-electron chi connectivity index (χ0n) is 15.3. The first kappa shape index (κ1) is 19.4. The lowest BCUT2D eigenvalue weighted by molar-refractivity contribution is -0.132. The van der Waals surface area contributed by atoms with Gasteiger partial charge in [-0.1, -0.05) is 11.6 Å². The summed E-state index contributed by atoms with van der Waals surface area (Å²) in [6.07, 6.45) is 0.400. The van der Waals surface area contributed by atoms with E-state index in [2.05, 4.69) is 10.6 Å². The molecule has 1 aromatic rings. The summed E-state index contributed by atoms with van der Waals surface area (Å²) in [7, 11) is 0. The topological polar surface area (TPSA) is 81.8 Å². The Kier molecular flexibility index (Phi) is 5.28. The fourth-order valence-electron chi connectivity index (χ4n) is 3.43. The number of carbonyl (C=O) groups is 3. The Labute approximate surface area is 161 Å². The van der Waals surface area contributed by atoms with Crippen molar-refractivity contribution in [1.29, 1.82) is 0 Å². The average molecular weight is 397 g/mol. The van der Waals surface area contributed by atoms with E-state index in [1.165, 1.54) is 12.1 Å². The van der Waals surface area contributed by atoms with Gasteiger partial charge in [0.05, 0.1) is 0 Å². The third-order valence-electron chi connectivity index (χ3n) is 5.21. The van der Waals surface area contributed by atoms with Crippen LogP contribution in [0.25, 0.3) is 0 Å². The Bertz CT molecular complexity index is 795. The van der Waals surface area contributed by atoms with Crippen LogP contribution in [-0.2, 0) is 9.59 Å². The number of rotatable bonds is 4. The van der Waals surface area contributed by atoms with Crippen LogP contribution in [0.4, 0.5) is 14.9 Å². The number of urea groups is 1. The molecular weight excluding hydrogens is 375 g/mol. The molecule has 0 aromatic heterocycles. The number of nitrogens with zero attached hydrogens (tertiary/aromatic N) is 2. The number of carbonyl (C=O) groups excluding carboxylic acids is 3. The summed E-state index contributed by atoms with van der Waals surface area (Å²) >= 11 is 6.06. The molecule has 0 bridgehead atoms. The van der Waals surface area contributed by atoms with Crippen molar-refractivity contribution in [3.63, 3.8) is 0 Å². The molecular formula is C18H22ClFN4O3. The Morgan fingerprint density at radius 2 is 1.93 bits per heavy atom. The second-order valence-corrected chi connectivity index (χ2v) is 7.55. The van der Waals surface area contributed by atoms with Gasteiger partial charge in [0.25, 0.3) is 5.91 Å². The first-order valence-corrected chi connectivity index (χ1v) is 9.19. The smallest absolute Gasteiger partial charge is 0.322 e. The van der Waals surface area contributed by atoms with Crippen LogP contribution >= 0.6 is 11.6 Å². The Balaban J connectivity index is 1.56. The molecule has 27 heavy (non-hydrogen) atoms. The van der Waals surface area contributed by atoms with Gasteiger partial charge in [0.1, 0.15) is 11.4 Å². The SMILES string of the molecule is Cc1c(Cl)cc(F)cc1N1CCN(C(=O)CCC2(C)NC(=O)NC2=O)CC1. The summed E-state index contributed by atoms with van der Waals surface area (Å²) in [6, 6.07) is 2.22. The minimum absolute atomic E-state index is 0.0705. The molecule has 0 saturated carbocycles. The minimum atomic E-state index is -1.05. The van der Waals surface area contributed by atoms with Crippen LogP contribution in [0.3, 0.4) is 0 Å². The van der Waals surface area contributed by atoms with E-state index in [4.69, 9.17) is 11.6 Å². The quantitative estimate of drug-likeness (QED) is 0.760. The van der Waals surface area contributed by atoms with E-state index >= 15 is 0 Å². The van der Waals surface area contributed by atoms with Gasteiger partial charge >= 0.3 is 6.03 Å². The van der Waals surface area contributed by atoms with Crippen molar-refractivity contribution in [1.82, 2.24) is 15.5 Å². The van der Waals surface area contributed by atoms with E-state index in [-0.39, 0.29) is 24.6 Å². The van der Waals surface area contributed by atoms with Gasteiger partial charge in [-0.15, -0.1) is 0 Å². The normalized spacial score (nSPS) is 22.7. The van der Waals surface area contributed by atoms with Crippen molar-refractivity contribution in [2.24, 2.45) is 0 Å². The van der Waals surface area contributed by atoms with Gasteiger partial charge < -0.3 is 15.1 Å². The third kappa shape index (κ3) is 4.00. The van der Waals surface area contributed by atoms with E-state index in [0.29, 0.717) is 31.2 Å². The van der Waals surface area contributed by atoms with Crippen molar-refractivity contribution in [2.75, 3.05) is 31.1 Å². The number of hydrogen-bond acceptors (Lipinski definition) is 4. The fourth-order valence-corrected chi connectivity index (χ4v) is 3.63. The van der Waals surface area contributed by atoms with Crippen LogP contribution in [0.2, 0.25) is 5.02 Å². The molecule has 4 amide bonds. The first-order valence-electron chi connectivity index (χ1n) is 8.81. The predicted molar refractivity (Wildman–Crippen MR) is 99.3 cm³/mol. The van der Waals surface area contributed by atoms with Gasteiger partial charge in [-0.2, -0.15) is 0 Å². The van der Waals surface area contributed by atoms with E-state index in [1.54, 1.807) is 11.8 Å². The van der Waals surface area contributed by atoms with Crippen molar-refractivity contribution < 1.29 is 18.8 Å². The maximum Gasteiger partial charge on any atom is 0.322 e. The lowest BCUT2D eigenvalue weighted by Crippen LogP contribution is -2.50. The molecule has 1 aromatic carbocycles. The number of anilines is 1. The average Bonchev–Trinajstić information content (AvgIpc) is 2.88. The molecule has 2 saturated heterocycles. The molecule has 2 aliphatic heterocycles. The zero-order chi connectivity index (χ0) is 19.8. The standard InChI is InChI=1S/C18H22ClFN4O3/c1-11-13(19)9-12(20)10-14(11)23-5-7-24(8-6-23)15(25)3-4-18(2)16(26)21-17(27)22-18/h9-10H,3-8H2,1-2H3,(H2,21,22,26,27). The summed E-state index contributed by atoms with van der Waals surface area (Å²) in [5.74, 6) is -0.869. The molecule has 2 fully saturated rings. The molecule has 2 N–H and O–H groups in total. The second kappa shape index (κ2) is 7.34. The minimum Gasteiger partial charge on any atom is -0.368 e. The highest BCUT2D eigenvalue weighted by Gasteiger charge is 2.42. The molecule has 0 spiro atoms. The number of hydrogen-bond donors (Lipinski definition) is 2. The predicted octanol–water partition coefficient (Wildman–Crippen LogP) is 1.81. The Hall–Kier alpha value is -2.35. The van der Waals surface area contributed by atoms with Crippen LogP contribution in [0.15, 0.2) is 12.1 Å². The Morgan fingerprint density at radius 3 is 2.52 bits per heavy atom. The van der Waals surface area contributed by atoms with Gasteiger partial charge in [0, 0.05) is 43.3 Å². The lowest BCUT2D eigenvalue weighted by Gasteiger charge is -2.37. The van der Waals surface area contributed by atoms with E-state index in [1.807, 2.05) is 11.8 Å². The van der Waals surface area contributed by atoms with Gasteiger partial charge in [0.2, 0.25) is 5.91 Å². The Morgan fingerprint density at radius 1 is 1.26 bits per heavy atom. The van der Waals surface area contributed by atoms with Gasteiger partial charge in [-0.3, -0.25) is 14.9 Å². The first-order chi connectivity index (χ1) is 12.7. The molecule has 1 unspecified atom stereocenters. The van der Waals surface area contributed by atoms with Crippen molar-refractivity contribution in [3.05, 3.63) is 28.5 Å². The number of piperazine rings is 1. The summed E-state index contributed by atoms with van der Waals surface area (Å²) in [5, 5.41) is 5.13. The van der Waals surface area contributed by atoms with Gasteiger partial charge in [-0.05, 0) is 38.0 Å². The maximum atomic E-state index is 13.7. The molecule has 2 heterocycles. The molecule has 9 heteroatoms. The van der Waals surface area contributed by atoms with E-state index < -0.39 is 17.5 Å². The van der Waals surface area contributed by atoms with Crippen LogP contribution in [0.5, 0.6) is 0 Å². The molecule has 7 nitrogen and oxygen atoms in total. The second-order valence-electron chi connectivity index (χ2n) is 7.14. The number of benzene rings is 1. The summed E-state index contributed by atoms with van der Waals surface area (Å²) in [6.45, 7) is 5.59. The highest BCUT2D eigenvalue weighted by Crippen LogP contribution is 2.29. The molecule has 3 rings (SSSR count). The van der Waals surface area contributed by atoms with Crippen LogP contribution < -0.4 is 15.5 Å². The zero-order valence-corrected chi connectivity index (χ0v) is 16.0. The number of amides is 4. The molecule has 1 atom stereocenters. The molecule has 2 aliphatic rings. The monoisotopic (exact) mass is 396 g/mol.